The van der Waals surface area contributed by atoms with Gasteiger partial charge in [-0.05, 0) is 24.2 Å². The third-order valence-corrected chi connectivity index (χ3v) is 4.45. The molecule has 1 aliphatic carbocycles. The average Bonchev–Trinajstić information content (AvgIpc) is 2.67. The fourth-order valence-corrected chi connectivity index (χ4v) is 3.65. The number of nitrogens with zero attached hydrogens (tertiary/aromatic N) is 1. The Morgan fingerprint density at radius 2 is 2.00 bits per heavy atom. The first kappa shape index (κ1) is 13.8. The fraction of sp³-hybridized carbons (Fsp3) is 0.917. The maximum atomic E-state index is 11.0. The summed E-state index contributed by atoms with van der Waals surface area (Å²) in [5, 5.41) is 9.10. The number of fused-ring (bicyclic) bond motifs is 1. The van der Waals surface area contributed by atoms with Gasteiger partial charge in [-0.2, -0.15) is 13.7 Å². The van der Waals surface area contributed by atoms with Crippen LogP contribution in [-0.4, -0.2) is 33.5 Å². The minimum atomic E-state index is -3.46. The van der Waals surface area contributed by atoms with Gasteiger partial charge in [-0.25, -0.2) is 0 Å². The SMILES string of the molecule is CC1(C)CC2[C@H](C#N)O[C@H](COS(C)(=O)=O)[C@H]2C1. The Morgan fingerprint density at radius 3 is 2.56 bits per heavy atom. The fourth-order valence-electron chi connectivity index (χ4n) is 3.27. The molecule has 4 atom stereocenters. The largest absolute Gasteiger partial charge is 0.357 e. The number of hydrogen-bond acceptors (Lipinski definition) is 5. The summed E-state index contributed by atoms with van der Waals surface area (Å²) in [6, 6.07) is 2.17. The molecule has 0 bridgehead atoms. The van der Waals surface area contributed by atoms with E-state index in [2.05, 4.69) is 19.9 Å². The predicted molar refractivity (Wildman–Crippen MR) is 65.1 cm³/mol. The summed E-state index contributed by atoms with van der Waals surface area (Å²) in [7, 11) is -3.46. The van der Waals surface area contributed by atoms with Gasteiger partial charge in [0.2, 0.25) is 0 Å². The summed E-state index contributed by atoms with van der Waals surface area (Å²) in [4.78, 5) is 0. The van der Waals surface area contributed by atoms with Crippen LogP contribution < -0.4 is 0 Å². The number of ether oxygens (including phenoxy) is 1. The van der Waals surface area contributed by atoms with E-state index in [1.54, 1.807) is 0 Å². The van der Waals surface area contributed by atoms with Crippen molar-refractivity contribution in [1.29, 1.82) is 5.26 Å². The van der Waals surface area contributed by atoms with Gasteiger partial charge < -0.3 is 4.74 Å². The highest BCUT2D eigenvalue weighted by atomic mass is 32.2. The van der Waals surface area contributed by atoms with Crippen LogP contribution in [0.5, 0.6) is 0 Å². The lowest BCUT2D eigenvalue weighted by Crippen LogP contribution is -2.25. The van der Waals surface area contributed by atoms with Crippen LogP contribution in [0.2, 0.25) is 0 Å². The van der Waals surface area contributed by atoms with Crippen molar-refractivity contribution in [2.24, 2.45) is 17.3 Å². The molecule has 2 aliphatic rings. The molecule has 2 fully saturated rings. The zero-order valence-corrected chi connectivity index (χ0v) is 11.7. The highest BCUT2D eigenvalue weighted by molar-refractivity contribution is 7.85. The summed E-state index contributed by atoms with van der Waals surface area (Å²) >= 11 is 0. The number of hydrogen-bond donors (Lipinski definition) is 0. The van der Waals surface area contributed by atoms with Crippen LogP contribution in [0.25, 0.3) is 0 Å². The Morgan fingerprint density at radius 1 is 1.39 bits per heavy atom. The van der Waals surface area contributed by atoms with Crippen LogP contribution >= 0.6 is 0 Å². The lowest BCUT2D eigenvalue weighted by Gasteiger charge is -2.22. The van der Waals surface area contributed by atoms with Crippen molar-refractivity contribution in [1.82, 2.24) is 0 Å². The number of rotatable bonds is 3. The predicted octanol–water partition coefficient (Wildman–Crippen LogP) is 1.31. The molecule has 0 aromatic carbocycles. The van der Waals surface area contributed by atoms with E-state index in [4.69, 9.17) is 14.2 Å². The Kier molecular flexibility index (Phi) is 3.43. The highest BCUT2D eigenvalue weighted by Crippen LogP contribution is 2.52. The molecule has 0 N–H and O–H groups in total. The summed E-state index contributed by atoms with van der Waals surface area (Å²) in [5.41, 5.74) is 0.192. The zero-order valence-electron chi connectivity index (χ0n) is 10.9. The molecule has 1 saturated carbocycles. The maximum absolute atomic E-state index is 11.0. The minimum Gasteiger partial charge on any atom is -0.357 e. The molecule has 1 saturated heterocycles. The molecule has 1 unspecified atom stereocenters. The molecule has 2 rings (SSSR count). The lowest BCUT2D eigenvalue weighted by atomic mass is 9.89. The van der Waals surface area contributed by atoms with E-state index in [0.29, 0.717) is 0 Å². The van der Waals surface area contributed by atoms with Gasteiger partial charge in [-0.15, -0.1) is 0 Å². The van der Waals surface area contributed by atoms with E-state index >= 15 is 0 Å². The van der Waals surface area contributed by atoms with Crippen LogP contribution in [0.15, 0.2) is 0 Å². The van der Waals surface area contributed by atoms with E-state index in [1.165, 1.54) is 0 Å². The third kappa shape index (κ3) is 2.85. The molecule has 0 amide bonds. The first-order valence-electron chi connectivity index (χ1n) is 6.11. The zero-order chi connectivity index (χ0) is 13.6. The molecule has 0 radical (unpaired) electrons. The van der Waals surface area contributed by atoms with Crippen LogP contribution in [0.1, 0.15) is 26.7 Å². The Hall–Kier alpha value is -0.640. The summed E-state index contributed by atoms with van der Waals surface area (Å²) < 4.78 is 32.5. The summed E-state index contributed by atoms with van der Waals surface area (Å²) in [5.74, 6) is 0.435. The van der Waals surface area contributed by atoms with Crippen LogP contribution in [-0.2, 0) is 19.0 Å². The van der Waals surface area contributed by atoms with Crippen molar-refractivity contribution < 1.29 is 17.3 Å². The van der Waals surface area contributed by atoms with Crippen molar-refractivity contribution in [3.05, 3.63) is 0 Å². The molecule has 6 heteroatoms. The second kappa shape index (κ2) is 4.48. The molecular weight excluding hydrogens is 254 g/mol. The smallest absolute Gasteiger partial charge is 0.264 e. The molecule has 102 valence electrons. The van der Waals surface area contributed by atoms with Gasteiger partial charge in [0, 0.05) is 5.92 Å². The normalized spacial score (nSPS) is 38.3. The summed E-state index contributed by atoms with van der Waals surface area (Å²) in [6.07, 6.45) is 2.22. The van der Waals surface area contributed by atoms with E-state index in [0.717, 1.165) is 19.1 Å². The van der Waals surface area contributed by atoms with Crippen molar-refractivity contribution >= 4 is 10.1 Å². The van der Waals surface area contributed by atoms with Gasteiger partial charge in [0.05, 0.1) is 25.0 Å². The van der Waals surface area contributed by atoms with Gasteiger partial charge >= 0.3 is 0 Å². The molecule has 1 aliphatic heterocycles. The van der Waals surface area contributed by atoms with E-state index in [-0.39, 0.29) is 30.0 Å². The van der Waals surface area contributed by atoms with Gasteiger partial charge in [-0.3, -0.25) is 4.18 Å². The highest BCUT2D eigenvalue weighted by Gasteiger charge is 2.52. The van der Waals surface area contributed by atoms with E-state index in [9.17, 15) is 8.42 Å². The number of nitriles is 1. The molecular formula is C12H19NO4S. The molecule has 0 spiro atoms. The van der Waals surface area contributed by atoms with Gasteiger partial charge in [0.25, 0.3) is 10.1 Å². The third-order valence-electron chi connectivity index (χ3n) is 3.89. The average molecular weight is 273 g/mol. The molecule has 1 heterocycles. The van der Waals surface area contributed by atoms with E-state index in [1.807, 2.05) is 0 Å². The van der Waals surface area contributed by atoms with Crippen molar-refractivity contribution in [3.8, 4) is 6.07 Å². The van der Waals surface area contributed by atoms with Gasteiger partial charge in [0.1, 0.15) is 6.10 Å². The second-order valence-corrected chi connectivity index (χ2v) is 7.76. The quantitative estimate of drug-likeness (QED) is 0.724. The molecule has 0 aromatic heterocycles. The summed E-state index contributed by atoms with van der Waals surface area (Å²) in [6.45, 7) is 4.37. The maximum Gasteiger partial charge on any atom is 0.264 e. The Balaban J connectivity index is 2.07. The first-order valence-corrected chi connectivity index (χ1v) is 7.93. The topological polar surface area (TPSA) is 76.4 Å². The van der Waals surface area contributed by atoms with Crippen molar-refractivity contribution in [2.75, 3.05) is 12.9 Å². The monoisotopic (exact) mass is 273 g/mol. The van der Waals surface area contributed by atoms with Gasteiger partial charge in [0.15, 0.2) is 0 Å². The standard InChI is InChI=1S/C12H19NO4S/c1-12(2)4-8-9(5-12)11(17-10(8)6-13)7-16-18(3,14)15/h8-11H,4-5,7H2,1-3H3/t8?,9-,10-,11+/m0/s1. The molecule has 18 heavy (non-hydrogen) atoms. The first-order chi connectivity index (χ1) is 8.22. The van der Waals surface area contributed by atoms with E-state index < -0.39 is 16.2 Å². The van der Waals surface area contributed by atoms with Crippen molar-refractivity contribution in [3.63, 3.8) is 0 Å². The van der Waals surface area contributed by atoms with Gasteiger partial charge in [-0.1, -0.05) is 13.8 Å². The Bertz CT molecular complexity index is 465. The van der Waals surface area contributed by atoms with Crippen LogP contribution in [0.4, 0.5) is 0 Å². The van der Waals surface area contributed by atoms with Crippen LogP contribution in [0, 0.1) is 28.6 Å². The molecule has 0 aromatic rings. The van der Waals surface area contributed by atoms with Crippen molar-refractivity contribution in [2.45, 2.75) is 38.9 Å². The molecule has 5 nitrogen and oxygen atoms in total. The second-order valence-electron chi connectivity index (χ2n) is 6.11. The Labute approximate surface area is 108 Å². The van der Waals surface area contributed by atoms with Crippen LogP contribution in [0.3, 0.4) is 0 Å². The minimum absolute atomic E-state index is 0.0221. The lowest BCUT2D eigenvalue weighted by molar-refractivity contribution is 0.0149.